The lowest BCUT2D eigenvalue weighted by Crippen LogP contribution is -2.17. The van der Waals surface area contributed by atoms with Crippen LogP contribution in [0.25, 0.3) is 11.6 Å². The van der Waals surface area contributed by atoms with Gasteiger partial charge in [-0.2, -0.15) is 0 Å². The number of hydrogen-bond acceptors (Lipinski definition) is 1. The summed E-state index contributed by atoms with van der Waals surface area (Å²) in [7, 11) is 0. The molecule has 0 radical (unpaired) electrons. The highest BCUT2D eigenvalue weighted by Gasteiger charge is 2.31. The number of rotatable bonds is 3. The molecule has 0 amide bonds. The summed E-state index contributed by atoms with van der Waals surface area (Å²) in [5.74, 6) is -0.488. The Hall–Kier alpha value is -2.30. The lowest BCUT2D eigenvalue weighted by Gasteiger charge is -2.19. The van der Waals surface area contributed by atoms with E-state index in [4.69, 9.17) is 0 Å². The molecule has 3 rings (SSSR count). The maximum atomic E-state index is 14.3. The van der Waals surface area contributed by atoms with Crippen LogP contribution in [-0.2, 0) is 12.8 Å². The van der Waals surface area contributed by atoms with E-state index in [2.05, 4.69) is 4.74 Å². The first kappa shape index (κ1) is 16.6. The van der Waals surface area contributed by atoms with E-state index in [9.17, 15) is 17.6 Å². The maximum Gasteiger partial charge on any atom is 0.573 e. The van der Waals surface area contributed by atoms with Gasteiger partial charge in [-0.05, 0) is 59.7 Å². The predicted octanol–water partition coefficient (Wildman–Crippen LogP) is 5.77. The molecule has 0 fully saturated rings. The first-order valence-corrected chi connectivity index (χ1v) is 7.74. The number of benzene rings is 2. The van der Waals surface area contributed by atoms with Crippen molar-refractivity contribution < 1.29 is 22.3 Å². The van der Waals surface area contributed by atoms with Crippen molar-refractivity contribution in [3.8, 4) is 5.75 Å². The summed E-state index contributed by atoms with van der Waals surface area (Å²) in [5, 5.41) is 0. The molecule has 2 aromatic rings. The van der Waals surface area contributed by atoms with E-state index in [0.717, 1.165) is 28.7 Å². The van der Waals surface area contributed by atoms with Gasteiger partial charge in [-0.1, -0.05) is 31.2 Å². The van der Waals surface area contributed by atoms with Crippen LogP contribution in [-0.4, -0.2) is 6.36 Å². The molecule has 0 saturated heterocycles. The Balaban J connectivity index is 1.90. The molecule has 126 valence electrons. The third kappa shape index (κ3) is 3.61. The Morgan fingerprint density at radius 3 is 2.50 bits per heavy atom. The Labute approximate surface area is 137 Å². The number of ether oxygens (including phenoxy) is 1. The van der Waals surface area contributed by atoms with E-state index in [1.165, 1.54) is 18.2 Å². The number of alkyl halides is 3. The van der Waals surface area contributed by atoms with Gasteiger partial charge in [-0.15, -0.1) is 13.2 Å². The van der Waals surface area contributed by atoms with Crippen molar-refractivity contribution in [2.75, 3.05) is 0 Å². The first-order chi connectivity index (χ1) is 11.4. The normalized spacial score (nSPS) is 14.1. The van der Waals surface area contributed by atoms with Gasteiger partial charge in [-0.3, -0.25) is 0 Å². The smallest absolute Gasteiger partial charge is 0.406 e. The van der Waals surface area contributed by atoms with Crippen LogP contribution in [0.2, 0.25) is 0 Å². The van der Waals surface area contributed by atoms with Crippen molar-refractivity contribution in [2.45, 2.75) is 32.5 Å². The molecule has 0 spiro atoms. The minimum absolute atomic E-state index is 0.225. The fourth-order valence-corrected chi connectivity index (χ4v) is 2.92. The van der Waals surface area contributed by atoms with E-state index >= 15 is 0 Å². The number of halogens is 4. The minimum atomic E-state index is -4.70. The van der Waals surface area contributed by atoms with Crippen LogP contribution >= 0.6 is 0 Å². The highest BCUT2D eigenvalue weighted by Crippen LogP contribution is 2.34. The molecule has 0 heterocycles. The van der Waals surface area contributed by atoms with Crippen molar-refractivity contribution in [1.29, 1.82) is 0 Å². The Bertz CT molecular complexity index is 790. The average Bonchev–Trinajstić information content (AvgIpc) is 2.52. The quantitative estimate of drug-likeness (QED) is 0.646. The number of hydrogen-bond donors (Lipinski definition) is 0. The van der Waals surface area contributed by atoms with Gasteiger partial charge in [0.25, 0.3) is 0 Å². The Morgan fingerprint density at radius 1 is 1.04 bits per heavy atom. The summed E-state index contributed by atoms with van der Waals surface area (Å²) in [6, 6.07) is 9.45. The lowest BCUT2D eigenvalue weighted by molar-refractivity contribution is -0.274. The molecule has 1 nitrogen and oxygen atoms in total. The van der Waals surface area contributed by atoms with Gasteiger partial charge in [0.15, 0.2) is 0 Å². The van der Waals surface area contributed by atoms with Crippen LogP contribution in [0.5, 0.6) is 5.75 Å². The molecule has 0 bridgehead atoms. The molecule has 0 unspecified atom stereocenters. The van der Waals surface area contributed by atoms with Crippen LogP contribution in [0, 0.1) is 5.82 Å². The molecular weight excluding hydrogens is 320 g/mol. The molecule has 24 heavy (non-hydrogen) atoms. The monoisotopic (exact) mass is 336 g/mol. The molecule has 5 heteroatoms. The Morgan fingerprint density at radius 2 is 1.83 bits per heavy atom. The zero-order chi connectivity index (χ0) is 17.3. The van der Waals surface area contributed by atoms with Crippen LogP contribution < -0.4 is 4.74 Å². The minimum Gasteiger partial charge on any atom is -0.406 e. The largest absolute Gasteiger partial charge is 0.573 e. The molecule has 0 aromatic heterocycles. The topological polar surface area (TPSA) is 9.23 Å². The highest BCUT2D eigenvalue weighted by atomic mass is 19.4. The second-order valence-corrected chi connectivity index (χ2v) is 5.75. The fourth-order valence-electron chi connectivity index (χ4n) is 2.92. The van der Waals surface area contributed by atoms with Crippen molar-refractivity contribution >= 4 is 11.6 Å². The van der Waals surface area contributed by atoms with E-state index in [0.29, 0.717) is 18.4 Å². The van der Waals surface area contributed by atoms with E-state index in [-0.39, 0.29) is 11.6 Å². The number of allylic oxidation sites excluding steroid dienone is 1. The van der Waals surface area contributed by atoms with Crippen molar-refractivity contribution in [3.05, 3.63) is 64.5 Å². The molecule has 0 aliphatic heterocycles. The molecule has 2 aromatic carbocycles. The second kappa shape index (κ2) is 6.30. The molecule has 1 aliphatic rings. The predicted molar refractivity (Wildman–Crippen MR) is 85.1 cm³/mol. The van der Waals surface area contributed by atoms with Crippen LogP contribution in [0.4, 0.5) is 17.6 Å². The Kier molecular flexibility index (Phi) is 4.35. The lowest BCUT2D eigenvalue weighted by atomic mass is 9.88. The zero-order valence-electron chi connectivity index (χ0n) is 13.1. The summed E-state index contributed by atoms with van der Waals surface area (Å²) in [5.41, 5.74) is 3.90. The van der Waals surface area contributed by atoms with Gasteiger partial charge in [-0.25, -0.2) is 4.39 Å². The van der Waals surface area contributed by atoms with Gasteiger partial charge in [0.05, 0.1) is 0 Å². The first-order valence-electron chi connectivity index (χ1n) is 7.74. The molecule has 0 saturated carbocycles. The van der Waals surface area contributed by atoms with Gasteiger partial charge >= 0.3 is 6.36 Å². The number of aryl methyl sites for hydroxylation is 2. The molecular formula is C19H16F4O. The van der Waals surface area contributed by atoms with Crippen LogP contribution in [0.15, 0.2) is 36.4 Å². The highest BCUT2D eigenvalue weighted by molar-refractivity contribution is 5.84. The third-order valence-corrected chi connectivity index (χ3v) is 4.13. The van der Waals surface area contributed by atoms with Crippen LogP contribution in [0.1, 0.15) is 35.6 Å². The van der Waals surface area contributed by atoms with Gasteiger partial charge in [0.2, 0.25) is 0 Å². The second-order valence-electron chi connectivity index (χ2n) is 5.75. The van der Waals surface area contributed by atoms with Crippen molar-refractivity contribution in [2.24, 2.45) is 0 Å². The van der Waals surface area contributed by atoms with Crippen molar-refractivity contribution in [3.63, 3.8) is 0 Å². The van der Waals surface area contributed by atoms with E-state index in [1.54, 1.807) is 12.1 Å². The summed E-state index contributed by atoms with van der Waals surface area (Å²) in [6.07, 6.45) is -0.981. The molecule has 1 aliphatic carbocycles. The summed E-state index contributed by atoms with van der Waals surface area (Å²) >= 11 is 0. The standard InChI is InChI=1S/C19H16F4O/c1-2-12-3-8-17(18(20)9-12)15-5-4-14-11-16(24-19(21,22)23)7-6-13(14)10-15/h3,6-11H,2,4-5H2,1H3. The van der Waals surface area contributed by atoms with E-state index < -0.39 is 6.36 Å². The third-order valence-electron chi connectivity index (χ3n) is 4.13. The van der Waals surface area contributed by atoms with Crippen LogP contribution in [0.3, 0.4) is 0 Å². The molecule has 0 atom stereocenters. The van der Waals surface area contributed by atoms with Gasteiger partial charge < -0.3 is 4.74 Å². The summed E-state index contributed by atoms with van der Waals surface area (Å²) < 4.78 is 55.1. The maximum absolute atomic E-state index is 14.3. The zero-order valence-corrected chi connectivity index (χ0v) is 13.1. The van der Waals surface area contributed by atoms with E-state index in [1.807, 2.05) is 19.1 Å². The van der Waals surface area contributed by atoms with Crippen molar-refractivity contribution in [1.82, 2.24) is 0 Å². The van der Waals surface area contributed by atoms with Gasteiger partial charge in [0.1, 0.15) is 11.6 Å². The summed E-state index contributed by atoms with van der Waals surface area (Å²) in [6.45, 7) is 1.96. The number of fused-ring (bicyclic) bond motifs is 1. The summed E-state index contributed by atoms with van der Waals surface area (Å²) in [4.78, 5) is 0. The SMILES string of the molecule is CCc1ccc(C2=Cc3ccc(OC(F)(F)F)cc3CC2)c(F)c1. The molecule has 0 N–H and O–H groups in total. The average molecular weight is 336 g/mol. The van der Waals surface area contributed by atoms with Gasteiger partial charge in [0, 0.05) is 5.56 Å². The fraction of sp³-hybridized carbons (Fsp3) is 0.263.